The largest absolute Gasteiger partial charge is 0.335 e. The van der Waals surface area contributed by atoms with Gasteiger partial charge in [0.2, 0.25) is 0 Å². The molecule has 0 unspecified atom stereocenters. The number of amides is 2. The quantitative estimate of drug-likeness (QED) is 0.830. The van der Waals surface area contributed by atoms with E-state index < -0.39 is 5.82 Å². The van der Waals surface area contributed by atoms with Gasteiger partial charge in [0.05, 0.1) is 5.02 Å². The van der Waals surface area contributed by atoms with E-state index in [9.17, 15) is 14.0 Å². The molecular weight excluding hydrogens is 335 g/mol. The van der Waals surface area contributed by atoms with Crippen LogP contribution in [0.5, 0.6) is 0 Å². The topological polar surface area (TPSA) is 58.4 Å². The highest BCUT2D eigenvalue weighted by atomic mass is 35.5. The van der Waals surface area contributed by atoms with Crippen molar-refractivity contribution in [1.82, 2.24) is 19.6 Å². The molecule has 0 saturated carbocycles. The first kappa shape index (κ1) is 16.4. The van der Waals surface area contributed by atoms with Crippen molar-refractivity contribution in [2.24, 2.45) is 7.05 Å². The summed E-state index contributed by atoms with van der Waals surface area (Å²) in [6.45, 7) is 1.52. The molecule has 3 rings (SSSR count). The van der Waals surface area contributed by atoms with Crippen molar-refractivity contribution in [3.63, 3.8) is 0 Å². The minimum Gasteiger partial charge on any atom is -0.335 e. The maximum atomic E-state index is 13.2. The Labute approximate surface area is 143 Å². The van der Waals surface area contributed by atoms with Gasteiger partial charge in [-0.25, -0.2) is 4.39 Å². The van der Waals surface area contributed by atoms with Crippen molar-refractivity contribution in [3.05, 3.63) is 52.6 Å². The number of benzene rings is 1. The molecule has 0 atom stereocenters. The molecule has 2 heterocycles. The summed E-state index contributed by atoms with van der Waals surface area (Å²) in [5, 5.41) is 4.37. The van der Waals surface area contributed by atoms with Gasteiger partial charge in [-0.3, -0.25) is 14.3 Å². The predicted octanol–water partition coefficient (Wildman–Crippen LogP) is 1.81. The van der Waals surface area contributed by atoms with Crippen molar-refractivity contribution in [3.8, 4) is 0 Å². The van der Waals surface area contributed by atoms with E-state index in [1.807, 2.05) is 0 Å². The van der Waals surface area contributed by atoms with Crippen molar-refractivity contribution in [2.75, 3.05) is 26.2 Å². The van der Waals surface area contributed by atoms with Crippen LogP contribution in [0.1, 0.15) is 20.8 Å². The van der Waals surface area contributed by atoms with Crippen LogP contribution in [-0.4, -0.2) is 57.6 Å². The Bertz CT molecular complexity index is 784. The number of hydrogen-bond acceptors (Lipinski definition) is 3. The predicted molar refractivity (Wildman–Crippen MR) is 86.4 cm³/mol. The molecule has 1 saturated heterocycles. The molecule has 1 aliphatic heterocycles. The number of halogens is 2. The normalized spacial score (nSPS) is 14.8. The van der Waals surface area contributed by atoms with Gasteiger partial charge < -0.3 is 9.80 Å². The average molecular weight is 351 g/mol. The Morgan fingerprint density at radius 3 is 2.29 bits per heavy atom. The Balaban J connectivity index is 1.64. The smallest absolute Gasteiger partial charge is 0.276 e. The molecule has 1 aromatic carbocycles. The summed E-state index contributed by atoms with van der Waals surface area (Å²) in [7, 11) is 1.69. The number of carbonyl (C=O) groups excluding carboxylic acids is 2. The summed E-state index contributed by atoms with van der Waals surface area (Å²) < 4.78 is 14.7. The van der Waals surface area contributed by atoms with E-state index in [1.54, 1.807) is 29.1 Å². The highest BCUT2D eigenvalue weighted by Gasteiger charge is 2.28. The van der Waals surface area contributed by atoms with Crippen LogP contribution in [0.2, 0.25) is 5.02 Å². The van der Waals surface area contributed by atoms with Crippen LogP contribution < -0.4 is 0 Å². The minimum atomic E-state index is -0.445. The van der Waals surface area contributed by atoms with Gasteiger partial charge in [-0.2, -0.15) is 5.10 Å². The Morgan fingerprint density at radius 2 is 1.75 bits per heavy atom. The summed E-state index contributed by atoms with van der Waals surface area (Å²) in [5.74, 6) is -0.935. The summed E-state index contributed by atoms with van der Waals surface area (Å²) in [6, 6.07) is 5.60. The molecule has 2 amide bonds. The highest BCUT2D eigenvalue weighted by molar-refractivity contribution is 6.33. The molecule has 1 fully saturated rings. The first-order valence-electron chi connectivity index (χ1n) is 7.49. The van der Waals surface area contributed by atoms with Crippen LogP contribution in [0.15, 0.2) is 30.5 Å². The Hall–Kier alpha value is -2.41. The van der Waals surface area contributed by atoms with Crippen LogP contribution in [0.25, 0.3) is 0 Å². The molecule has 0 radical (unpaired) electrons. The average Bonchev–Trinajstić information content (AvgIpc) is 2.92. The third-order valence-corrected chi connectivity index (χ3v) is 4.19. The lowest BCUT2D eigenvalue weighted by atomic mass is 10.1. The van der Waals surface area contributed by atoms with Gasteiger partial charge in [0.1, 0.15) is 5.82 Å². The first-order valence-corrected chi connectivity index (χ1v) is 7.87. The third kappa shape index (κ3) is 3.26. The van der Waals surface area contributed by atoms with Crippen molar-refractivity contribution >= 4 is 23.4 Å². The lowest BCUT2D eigenvalue weighted by molar-refractivity contribution is 0.0532. The molecule has 24 heavy (non-hydrogen) atoms. The van der Waals surface area contributed by atoms with E-state index in [-0.39, 0.29) is 17.5 Å². The number of piperazine rings is 1. The second-order valence-electron chi connectivity index (χ2n) is 5.59. The van der Waals surface area contributed by atoms with Crippen LogP contribution in [0.4, 0.5) is 4.39 Å². The van der Waals surface area contributed by atoms with E-state index in [2.05, 4.69) is 5.10 Å². The van der Waals surface area contributed by atoms with Gasteiger partial charge in [0.15, 0.2) is 5.69 Å². The zero-order valence-electron chi connectivity index (χ0n) is 13.1. The third-order valence-electron chi connectivity index (χ3n) is 3.91. The lowest BCUT2D eigenvalue weighted by Gasteiger charge is -2.34. The standard InChI is InChI=1S/C16H16ClFN4O2/c1-20-10-13(17)14(19-20)16(24)22-7-5-21(6-8-22)15(23)11-3-2-4-12(18)9-11/h2-4,9-10H,5-8H2,1H3. The maximum absolute atomic E-state index is 13.2. The first-order chi connectivity index (χ1) is 11.5. The minimum absolute atomic E-state index is 0.212. The second-order valence-corrected chi connectivity index (χ2v) is 6.00. The Kier molecular flexibility index (Phi) is 4.53. The molecule has 6 nitrogen and oxygen atoms in total. The van der Waals surface area contributed by atoms with Crippen molar-refractivity contribution in [1.29, 1.82) is 0 Å². The van der Waals surface area contributed by atoms with E-state index in [0.717, 1.165) is 0 Å². The summed E-state index contributed by atoms with van der Waals surface area (Å²) in [6.07, 6.45) is 1.57. The molecule has 1 aromatic heterocycles. The molecule has 0 aliphatic carbocycles. The van der Waals surface area contributed by atoms with Crippen molar-refractivity contribution in [2.45, 2.75) is 0 Å². The van der Waals surface area contributed by atoms with Crippen molar-refractivity contribution < 1.29 is 14.0 Å². The number of nitrogens with zero attached hydrogens (tertiary/aromatic N) is 4. The van der Waals surface area contributed by atoms with E-state index in [1.165, 1.54) is 22.9 Å². The monoisotopic (exact) mass is 350 g/mol. The van der Waals surface area contributed by atoms with E-state index in [0.29, 0.717) is 36.8 Å². The number of aryl methyl sites for hydroxylation is 1. The SMILES string of the molecule is Cn1cc(Cl)c(C(=O)N2CCN(C(=O)c3cccc(F)c3)CC2)n1. The van der Waals surface area contributed by atoms with Gasteiger partial charge in [0, 0.05) is 45.0 Å². The number of hydrogen-bond donors (Lipinski definition) is 0. The van der Waals surface area contributed by atoms with Crippen LogP contribution in [0.3, 0.4) is 0 Å². The molecule has 1 aliphatic rings. The van der Waals surface area contributed by atoms with Gasteiger partial charge in [-0.05, 0) is 18.2 Å². The molecule has 8 heteroatoms. The number of rotatable bonds is 2. The summed E-state index contributed by atoms with van der Waals surface area (Å²) in [5.41, 5.74) is 0.520. The van der Waals surface area contributed by atoms with Gasteiger partial charge >= 0.3 is 0 Å². The molecule has 0 N–H and O–H groups in total. The molecule has 0 bridgehead atoms. The zero-order valence-corrected chi connectivity index (χ0v) is 13.8. The lowest BCUT2D eigenvalue weighted by Crippen LogP contribution is -2.50. The van der Waals surface area contributed by atoms with Gasteiger partial charge in [-0.1, -0.05) is 17.7 Å². The summed E-state index contributed by atoms with van der Waals surface area (Å²) in [4.78, 5) is 28.0. The number of aromatic nitrogens is 2. The fraction of sp³-hybridized carbons (Fsp3) is 0.312. The summed E-state index contributed by atoms with van der Waals surface area (Å²) >= 11 is 6.00. The van der Waals surface area contributed by atoms with Crippen LogP contribution >= 0.6 is 11.6 Å². The highest BCUT2D eigenvalue weighted by Crippen LogP contribution is 2.17. The maximum Gasteiger partial charge on any atom is 0.276 e. The molecule has 126 valence electrons. The zero-order chi connectivity index (χ0) is 17.3. The molecule has 2 aromatic rings. The fourth-order valence-electron chi connectivity index (χ4n) is 2.67. The fourth-order valence-corrected chi connectivity index (χ4v) is 2.93. The van der Waals surface area contributed by atoms with E-state index >= 15 is 0 Å². The van der Waals surface area contributed by atoms with Crippen LogP contribution in [-0.2, 0) is 7.05 Å². The van der Waals surface area contributed by atoms with Crippen LogP contribution in [0, 0.1) is 5.82 Å². The van der Waals surface area contributed by atoms with Gasteiger partial charge in [0.25, 0.3) is 11.8 Å². The van der Waals surface area contributed by atoms with E-state index in [4.69, 9.17) is 11.6 Å². The van der Waals surface area contributed by atoms with Gasteiger partial charge in [-0.15, -0.1) is 0 Å². The Morgan fingerprint density at radius 1 is 1.12 bits per heavy atom. The second kappa shape index (κ2) is 6.60. The molecular formula is C16H16ClFN4O2. The molecule has 0 spiro atoms. The number of carbonyl (C=O) groups is 2.